The normalized spacial score (nSPS) is 10.2. The lowest BCUT2D eigenvalue weighted by molar-refractivity contribution is 0.0934. The number of hydrazine groups is 1. The number of ether oxygens (including phenoxy) is 2. The maximum absolute atomic E-state index is 12.2. The monoisotopic (exact) mass is 479 g/mol. The van der Waals surface area contributed by atoms with Gasteiger partial charge in [-0.1, -0.05) is 22.0 Å². The molecule has 0 aliphatic heterocycles. The molecule has 0 saturated heterocycles. The van der Waals surface area contributed by atoms with E-state index in [0.717, 1.165) is 10.0 Å². The van der Waals surface area contributed by atoms with Crippen molar-refractivity contribution in [3.63, 3.8) is 0 Å². The fourth-order valence-corrected chi connectivity index (χ4v) is 2.71. The Hall–Kier alpha value is -2.49. The van der Waals surface area contributed by atoms with Gasteiger partial charge in [0.2, 0.25) is 0 Å². The average molecular weight is 480 g/mol. The highest BCUT2D eigenvalue weighted by Crippen LogP contribution is 2.17. The molecule has 29 heavy (non-hydrogen) atoms. The van der Waals surface area contributed by atoms with Gasteiger partial charge in [-0.3, -0.25) is 25.8 Å². The Labute approximate surface area is 183 Å². The van der Waals surface area contributed by atoms with Crippen LogP contribution in [0, 0.1) is 6.92 Å². The summed E-state index contributed by atoms with van der Waals surface area (Å²) in [7, 11) is 0. The van der Waals surface area contributed by atoms with Crippen LogP contribution in [0.15, 0.2) is 46.9 Å². The fraction of sp³-hybridized carbons (Fsp3) is 0.250. The zero-order chi connectivity index (χ0) is 21.2. The number of benzene rings is 2. The molecule has 2 aromatic carbocycles. The number of hydrogen-bond donors (Lipinski definition) is 3. The predicted octanol–water partition coefficient (Wildman–Crippen LogP) is 3.12. The van der Waals surface area contributed by atoms with Gasteiger partial charge in [-0.05, 0) is 68.0 Å². The average Bonchev–Trinajstić information content (AvgIpc) is 2.72. The SMILES string of the molecule is CCOCCOc1ccc(C(=O)NC(=S)NNC(=O)c2ccc(C)c(Br)c2)cc1. The minimum absolute atomic E-state index is 0.0217. The number of hydrogen-bond acceptors (Lipinski definition) is 5. The van der Waals surface area contributed by atoms with Crippen LogP contribution in [0.5, 0.6) is 5.75 Å². The second-order valence-corrected chi connectivity index (χ2v) is 7.16. The van der Waals surface area contributed by atoms with Crippen molar-refractivity contribution in [3.05, 3.63) is 63.6 Å². The first-order valence-electron chi connectivity index (χ1n) is 8.89. The maximum Gasteiger partial charge on any atom is 0.269 e. The van der Waals surface area contributed by atoms with Crippen molar-refractivity contribution in [2.24, 2.45) is 0 Å². The molecule has 154 valence electrons. The van der Waals surface area contributed by atoms with E-state index in [1.165, 1.54) is 0 Å². The lowest BCUT2D eigenvalue weighted by Crippen LogP contribution is -2.48. The van der Waals surface area contributed by atoms with E-state index in [9.17, 15) is 9.59 Å². The van der Waals surface area contributed by atoms with E-state index in [1.807, 2.05) is 19.9 Å². The Morgan fingerprint density at radius 3 is 2.34 bits per heavy atom. The molecule has 0 unspecified atom stereocenters. The smallest absolute Gasteiger partial charge is 0.269 e. The van der Waals surface area contributed by atoms with Crippen molar-refractivity contribution >= 4 is 45.1 Å². The standard InChI is InChI=1S/C20H22BrN3O4S/c1-3-27-10-11-28-16-8-6-14(7-9-16)18(25)22-20(29)24-23-19(26)15-5-4-13(2)17(21)12-15/h4-9,12H,3,10-11H2,1-2H3,(H,23,26)(H2,22,24,25,29). The van der Waals surface area contributed by atoms with Crippen molar-refractivity contribution in [1.82, 2.24) is 16.2 Å². The van der Waals surface area contributed by atoms with E-state index in [1.54, 1.807) is 36.4 Å². The van der Waals surface area contributed by atoms with Crippen LogP contribution in [-0.4, -0.2) is 36.7 Å². The molecule has 7 nitrogen and oxygen atoms in total. The first-order valence-corrected chi connectivity index (χ1v) is 10.1. The summed E-state index contributed by atoms with van der Waals surface area (Å²) in [6, 6.07) is 11.8. The second-order valence-electron chi connectivity index (χ2n) is 5.90. The molecule has 0 saturated carbocycles. The molecule has 0 heterocycles. The third kappa shape index (κ3) is 7.45. The zero-order valence-corrected chi connectivity index (χ0v) is 18.5. The molecule has 2 rings (SSSR count). The number of amides is 2. The van der Waals surface area contributed by atoms with Crippen LogP contribution in [0.4, 0.5) is 0 Å². The van der Waals surface area contributed by atoms with Crippen molar-refractivity contribution in [3.8, 4) is 5.75 Å². The molecule has 0 aromatic heterocycles. The lowest BCUT2D eigenvalue weighted by Gasteiger charge is -2.12. The van der Waals surface area contributed by atoms with E-state index in [0.29, 0.717) is 36.7 Å². The highest BCUT2D eigenvalue weighted by molar-refractivity contribution is 9.10. The summed E-state index contributed by atoms with van der Waals surface area (Å²) in [4.78, 5) is 24.4. The quantitative estimate of drug-likeness (QED) is 0.321. The third-order valence-corrected chi connectivity index (χ3v) is 4.83. The first kappa shape index (κ1) is 22.8. The van der Waals surface area contributed by atoms with Gasteiger partial charge in [0.05, 0.1) is 6.61 Å². The molecule has 0 atom stereocenters. The van der Waals surface area contributed by atoms with Gasteiger partial charge in [-0.2, -0.15) is 0 Å². The van der Waals surface area contributed by atoms with Crippen LogP contribution >= 0.6 is 28.1 Å². The number of carbonyl (C=O) groups excluding carboxylic acids is 2. The van der Waals surface area contributed by atoms with Crippen LogP contribution < -0.4 is 20.9 Å². The Bertz CT molecular complexity index is 875. The van der Waals surface area contributed by atoms with Crippen LogP contribution in [0.2, 0.25) is 0 Å². The van der Waals surface area contributed by atoms with Gasteiger partial charge in [0.1, 0.15) is 12.4 Å². The molecule has 0 bridgehead atoms. The first-order chi connectivity index (χ1) is 13.9. The van der Waals surface area contributed by atoms with Gasteiger partial charge in [-0.25, -0.2) is 0 Å². The van der Waals surface area contributed by atoms with Crippen molar-refractivity contribution in [2.75, 3.05) is 19.8 Å². The van der Waals surface area contributed by atoms with E-state index >= 15 is 0 Å². The van der Waals surface area contributed by atoms with E-state index in [-0.39, 0.29) is 11.0 Å². The summed E-state index contributed by atoms with van der Waals surface area (Å²) in [6.45, 7) is 5.42. The van der Waals surface area contributed by atoms with Gasteiger partial charge >= 0.3 is 0 Å². The number of rotatable bonds is 7. The maximum atomic E-state index is 12.2. The zero-order valence-electron chi connectivity index (χ0n) is 16.1. The lowest BCUT2D eigenvalue weighted by atomic mass is 10.1. The summed E-state index contributed by atoms with van der Waals surface area (Å²) in [5, 5.41) is 2.48. The van der Waals surface area contributed by atoms with Crippen molar-refractivity contribution in [2.45, 2.75) is 13.8 Å². The number of carbonyl (C=O) groups is 2. The number of halogens is 1. The molecular weight excluding hydrogens is 458 g/mol. The Morgan fingerprint density at radius 2 is 1.69 bits per heavy atom. The Balaban J connectivity index is 1.80. The summed E-state index contributed by atoms with van der Waals surface area (Å²) >= 11 is 8.43. The second kappa shape index (κ2) is 11.5. The van der Waals surface area contributed by atoms with Crippen LogP contribution in [-0.2, 0) is 4.74 Å². The molecule has 9 heteroatoms. The molecule has 0 fully saturated rings. The Morgan fingerprint density at radius 1 is 1.00 bits per heavy atom. The fourth-order valence-electron chi connectivity index (χ4n) is 2.19. The molecule has 0 aliphatic carbocycles. The predicted molar refractivity (Wildman–Crippen MR) is 118 cm³/mol. The highest BCUT2D eigenvalue weighted by Gasteiger charge is 2.10. The number of thiocarbonyl (C=S) groups is 1. The van der Waals surface area contributed by atoms with Gasteiger partial charge in [-0.15, -0.1) is 0 Å². The summed E-state index contributed by atoms with van der Waals surface area (Å²) in [6.07, 6.45) is 0. The topological polar surface area (TPSA) is 88.7 Å². The number of aryl methyl sites for hydroxylation is 1. The molecule has 2 amide bonds. The van der Waals surface area contributed by atoms with E-state index in [2.05, 4.69) is 32.1 Å². The van der Waals surface area contributed by atoms with Crippen molar-refractivity contribution < 1.29 is 19.1 Å². The largest absolute Gasteiger partial charge is 0.491 e. The van der Waals surface area contributed by atoms with E-state index in [4.69, 9.17) is 21.7 Å². The van der Waals surface area contributed by atoms with Gasteiger partial charge in [0.25, 0.3) is 11.8 Å². The molecule has 0 spiro atoms. The molecular formula is C20H22BrN3O4S. The molecule has 2 aromatic rings. The summed E-state index contributed by atoms with van der Waals surface area (Å²) in [5.74, 6) is -0.148. The number of nitrogens with one attached hydrogen (secondary N) is 3. The summed E-state index contributed by atoms with van der Waals surface area (Å²) < 4.78 is 11.5. The van der Waals surface area contributed by atoms with Crippen LogP contribution in [0.25, 0.3) is 0 Å². The van der Waals surface area contributed by atoms with Gasteiger partial charge in [0, 0.05) is 22.2 Å². The van der Waals surface area contributed by atoms with Crippen LogP contribution in [0.1, 0.15) is 33.2 Å². The van der Waals surface area contributed by atoms with Gasteiger partial charge < -0.3 is 9.47 Å². The third-order valence-electron chi connectivity index (χ3n) is 3.77. The Kier molecular flexibility index (Phi) is 9.04. The minimum Gasteiger partial charge on any atom is -0.491 e. The van der Waals surface area contributed by atoms with E-state index < -0.39 is 5.91 Å². The van der Waals surface area contributed by atoms with Crippen molar-refractivity contribution in [1.29, 1.82) is 0 Å². The molecule has 3 N–H and O–H groups in total. The highest BCUT2D eigenvalue weighted by atomic mass is 79.9. The molecule has 0 radical (unpaired) electrons. The van der Waals surface area contributed by atoms with Crippen LogP contribution in [0.3, 0.4) is 0 Å². The summed E-state index contributed by atoms with van der Waals surface area (Å²) in [5.41, 5.74) is 6.83. The molecule has 0 aliphatic rings. The van der Waals surface area contributed by atoms with Gasteiger partial charge in [0.15, 0.2) is 5.11 Å². The minimum atomic E-state index is -0.407.